The number of hydrogen-bond acceptors (Lipinski definition) is 2. The van der Waals surface area contributed by atoms with Crippen molar-refractivity contribution in [1.29, 1.82) is 0 Å². The van der Waals surface area contributed by atoms with Crippen LogP contribution in [0.2, 0.25) is 5.02 Å². The number of halogens is 1. The summed E-state index contributed by atoms with van der Waals surface area (Å²) in [5.74, 6) is 0.841. The second-order valence-corrected chi connectivity index (χ2v) is 5.83. The molecule has 2 rings (SSSR count). The van der Waals surface area contributed by atoms with Crippen molar-refractivity contribution < 1.29 is 0 Å². The maximum atomic E-state index is 6.16. The molecular weight excluding hydrogens is 262 g/mol. The van der Waals surface area contributed by atoms with Crippen molar-refractivity contribution in [3.63, 3.8) is 0 Å². The third-order valence-corrected chi connectivity index (χ3v) is 4.37. The Morgan fingerprint density at radius 2 is 1.89 bits per heavy atom. The predicted molar refractivity (Wildman–Crippen MR) is 81.3 cm³/mol. The molecule has 0 aliphatic rings. The van der Waals surface area contributed by atoms with E-state index in [9.17, 15) is 0 Å². The molecule has 0 aliphatic carbocycles. The second kappa shape index (κ2) is 5.68. The normalized spacial score (nSPS) is 10.6. The highest BCUT2D eigenvalue weighted by Crippen LogP contribution is 2.30. The Morgan fingerprint density at radius 1 is 1.11 bits per heavy atom. The van der Waals surface area contributed by atoms with Crippen LogP contribution in [0.4, 0.5) is 5.69 Å². The number of thioether (sulfide) groups is 1. The first-order valence-electron chi connectivity index (χ1n) is 5.80. The van der Waals surface area contributed by atoms with Gasteiger partial charge in [-0.25, -0.2) is 0 Å². The lowest BCUT2D eigenvalue weighted by Gasteiger charge is -2.08. The van der Waals surface area contributed by atoms with Gasteiger partial charge in [-0.1, -0.05) is 29.3 Å². The van der Waals surface area contributed by atoms with Gasteiger partial charge in [0.25, 0.3) is 0 Å². The van der Waals surface area contributed by atoms with Gasteiger partial charge in [-0.05, 0) is 49.2 Å². The molecule has 2 aromatic rings. The maximum absolute atomic E-state index is 6.16. The van der Waals surface area contributed by atoms with Crippen LogP contribution >= 0.6 is 23.4 Å². The number of anilines is 1. The van der Waals surface area contributed by atoms with Gasteiger partial charge in [0.1, 0.15) is 0 Å². The second-order valence-electron chi connectivity index (χ2n) is 4.41. The van der Waals surface area contributed by atoms with Gasteiger partial charge in [-0.2, -0.15) is 0 Å². The van der Waals surface area contributed by atoms with Crippen LogP contribution < -0.4 is 5.73 Å². The highest BCUT2D eigenvalue weighted by atomic mass is 35.5. The first-order chi connectivity index (χ1) is 8.56. The van der Waals surface area contributed by atoms with Crippen molar-refractivity contribution in [2.45, 2.75) is 24.5 Å². The molecule has 94 valence electrons. The van der Waals surface area contributed by atoms with Crippen molar-refractivity contribution in [1.82, 2.24) is 0 Å². The quantitative estimate of drug-likeness (QED) is 0.642. The molecular formula is C15H16ClNS. The molecule has 0 amide bonds. The monoisotopic (exact) mass is 277 g/mol. The summed E-state index contributed by atoms with van der Waals surface area (Å²) in [5.41, 5.74) is 10.2. The molecule has 0 spiro atoms. The Hall–Kier alpha value is -1.12. The van der Waals surface area contributed by atoms with Gasteiger partial charge >= 0.3 is 0 Å². The number of nitrogen functional groups attached to an aromatic ring is 1. The molecule has 2 aromatic carbocycles. The first-order valence-corrected chi connectivity index (χ1v) is 7.16. The van der Waals surface area contributed by atoms with Crippen LogP contribution in [0.5, 0.6) is 0 Å². The van der Waals surface area contributed by atoms with E-state index in [4.69, 9.17) is 17.3 Å². The van der Waals surface area contributed by atoms with Crippen LogP contribution in [0.1, 0.15) is 16.7 Å². The van der Waals surface area contributed by atoms with Gasteiger partial charge in [0.15, 0.2) is 0 Å². The average Bonchev–Trinajstić information content (AvgIpc) is 2.34. The minimum Gasteiger partial charge on any atom is -0.399 e. The summed E-state index contributed by atoms with van der Waals surface area (Å²) in [5, 5.41) is 0.780. The lowest BCUT2D eigenvalue weighted by Crippen LogP contribution is -1.89. The summed E-state index contributed by atoms with van der Waals surface area (Å²) < 4.78 is 0. The highest BCUT2D eigenvalue weighted by Gasteiger charge is 2.04. The zero-order chi connectivity index (χ0) is 13.1. The predicted octanol–water partition coefficient (Wildman–Crippen LogP) is 4.83. The summed E-state index contributed by atoms with van der Waals surface area (Å²) in [6.45, 7) is 4.24. The number of nitrogens with two attached hydrogens (primary N) is 1. The molecule has 0 saturated carbocycles. The Kier molecular flexibility index (Phi) is 4.20. The zero-order valence-corrected chi connectivity index (χ0v) is 12.1. The Labute approximate surface area is 117 Å². The fraction of sp³-hybridized carbons (Fsp3) is 0.200. The molecule has 0 aromatic heterocycles. The van der Waals surface area contributed by atoms with E-state index in [1.54, 1.807) is 11.8 Å². The van der Waals surface area contributed by atoms with Gasteiger partial charge in [-0.3, -0.25) is 0 Å². The average molecular weight is 278 g/mol. The third-order valence-electron chi connectivity index (χ3n) is 2.80. The molecule has 0 fully saturated rings. The molecule has 3 heteroatoms. The van der Waals surface area contributed by atoms with Gasteiger partial charge < -0.3 is 5.73 Å². The first kappa shape index (κ1) is 13.3. The third kappa shape index (κ3) is 3.21. The fourth-order valence-corrected chi connectivity index (χ4v) is 3.10. The number of hydrogen-bond donors (Lipinski definition) is 1. The lowest BCUT2D eigenvalue weighted by molar-refractivity contribution is 1.25. The highest BCUT2D eigenvalue weighted by molar-refractivity contribution is 7.98. The molecule has 0 bridgehead atoms. The van der Waals surface area contributed by atoms with E-state index >= 15 is 0 Å². The minimum absolute atomic E-state index is 0.760. The molecule has 18 heavy (non-hydrogen) atoms. The summed E-state index contributed by atoms with van der Waals surface area (Å²) in [6.07, 6.45) is 0. The van der Waals surface area contributed by atoms with E-state index < -0.39 is 0 Å². The smallest absolute Gasteiger partial charge is 0.0448 e. The van der Waals surface area contributed by atoms with Gasteiger partial charge in [0, 0.05) is 21.4 Å². The van der Waals surface area contributed by atoms with Crippen LogP contribution in [0.3, 0.4) is 0 Å². The van der Waals surface area contributed by atoms with Crippen LogP contribution in [-0.2, 0) is 5.75 Å². The van der Waals surface area contributed by atoms with Crippen molar-refractivity contribution >= 4 is 29.1 Å². The Bertz CT molecular complexity index is 515. The van der Waals surface area contributed by atoms with E-state index in [1.165, 1.54) is 16.0 Å². The summed E-state index contributed by atoms with van der Waals surface area (Å²) in [4.78, 5) is 1.30. The summed E-state index contributed by atoms with van der Waals surface area (Å²) in [6, 6.07) is 12.1. The molecule has 1 nitrogen and oxygen atoms in total. The van der Waals surface area contributed by atoms with E-state index in [1.807, 2.05) is 18.2 Å². The fourth-order valence-electron chi connectivity index (χ4n) is 1.72. The van der Waals surface area contributed by atoms with Crippen molar-refractivity contribution in [3.05, 3.63) is 58.1 Å². The summed E-state index contributed by atoms with van der Waals surface area (Å²) >= 11 is 7.96. The van der Waals surface area contributed by atoms with Gasteiger partial charge in [0.05, 0.1) is 0 Å². The van der Waals surface area contributed by atoms with E-state index in [0.717, 1.165) is 22.0 Å². The minimum atomic E-state index is 0.760. The molecule has 0 saturated heterocycles. The van der Waals surface area contributed by atoms with Crippen molar-refractivity contribution in [3.8, 4) is 0 Å². The molecule has 0 atom stereocenters. The zero-order valence-electron chi connectivity index (χ0n) is 10.5. The van der Waals surface area contributed by atoms with Crippen molar-refractivity contribution in [2.24, 2.45) is 0 Å². The topological polar surface area (TPSA) is 26.0 Å². The molecule has 0 radical (unpaired) electrons. The van der Waals surface area contributed by atoms with E-state index in [-0.39, 0.29) is 0 Å². The van der Waals surface area contributed by atoms with Gasteiger partial charge in [-0.15, -0.1) is 11.8 Å². The molecule has 0 unspecified atom stereocenters. The molecule has 0 aliphatic heterocycles. The van der Waals surface area contributed by atoms with Crippen molar-refractivity contribution in [2.75, 3.05) is 5.73 Å². The standard InChI is InChI=1S/C15H16ClNS/c1-10-3-4-11(2)15(7-10)18-9-12-8-13(17)5-6-14(12)16/h3-8H,9,17H2,1-2H3. The molecule has 0 heterocycles. The maximum Gasteiger partial charge on any atom is 0.0448 e. The molecule has 2 N–H and O–H groups in total. The number of aryl methyl sites for hydroxylation is 2. The van der Waals surface area contributed by atoms with Crippen LogP contribution in [0, 0.1) is 13.8 Å². The van der Waals surface area contributed by atoms with E-state index in [2.05, 4.69) is 32.0 Å². The summed E-state index contributed by atoms with van der Waals surface area (Å²) in [7, 11) is 0. The Balaban J connectivity index is 2.16. The van der Waals surface area contributed by atoms with Crippen LogP contribution in [0.15, 0.2) is 41.3 Å². The SMILES string of the molecule is Cc1ccc(C)c(SCc2cc(N)ccc2Cl)c1. The van der Waals surface area contributed by atoms with Crippen LogP contribution in [0.25, 0.3) is 0 Å². The number of benzene rings is 2. The number of rotatable bonds is 3. The Morgan fingerprint density at radius 3 is 2.67 bits per heavy atom. The lowest BCUT2D eigenvalue weighted by atomic mass is 10.2. The van der Waals surface area contributed by atoms with Crippen LogP contribution in [-0.4, -0.2) is 0 Å². The largest absolute Gasteiger partial charge is 0.399 e. The van der Waals surface area contributed by atoms with E-state index in [0.29, 0.717) is 0 Å². The van der Waals surface area contributed by atoms with Gasteiger partial charge in [0.2, 0.25) is 0 Å².